The summed E-state index contributed by atoms with van der Waals surface area (Å²) in [5.74, 6) is 0. The van der Waals surface area contributed by atoms with Crippen molar-refractivity contribution in [2.45, 2.75) is 123 Å². The Morgan fingerprint density at radius 2 is 0.708 bits per heavy atom. The predicted octanol–water partition coefficient (Wildman–Crippen LogP) is -7.79. The van der Waals surface area contributed by atoms with Crippen LogP contribution in [0.5, 0.6) is 0 Å². The molecule has 0 radical (unpaired) electrons. The second-order valence-electron chi connectivity index (χ2n) is 11.8. The van der Waals surface area contributed by atoms with Gasteiger partial charge in [-0.25, -0.2) is 0 Å². The van der Waals surface area contributed by atoms with Crippen LogP contribution >= 0.6 is 0 Å². The Balaban J connectivity index is 1.50. The van der Waals surface area contributed by atoms with Gasteiger partial charge < -0.3 is 104 Å². The van der Waals surface area contributed by atoms with Crippen LogP contribution in [0.15, 0.2) is 0 Å². The molecule has 0 aromatic heterocycles. The van der Waals surface area contributed by atoms with E-state index >= 15 is 0 Å². The highest BCUT2D eigenvalue weighted by Gasteiger charge is 2.56. The van der Waals surface area contributed by atoms with Crippen LogP contribution in [0.25, 0.3) is 0 Å². The van der Waals surface area contributed by atoms with Crippen LogP contribution in [-0.2, 0) is 47.4 Å². The van der Waals surface area contributed by atoms with Crippen molar-refractivity contribution in [2.24, 2.45) is 0 Å². The minimum absolute atomic E-state index is 0.676. The van der Waals surface area contributed by atoms with Crippen molar-refractivity contribution < 1.29 is 104 Å². The highest BCUT2D eigenvalue weighted by molar-refractivity contribution is 4.98. The van der Waals surface area contributed by atoms with Crippen molar-refractivity contribution in [1.82, 2.24) is 0 Å². The molecule has 4 aliphatic heterocycles. The molecule has 4 aliphatic rings. The topological polar surface area (TPSA) is 315 Å². The summed E-state index contributed by atoms with van der Waals surface area (Å²) in [6.45, 7) is -2.92. The van der Waals surface area contributed by atoms with Gasteiger partial charge in [0.1, 0.15) is 97.7 Å². The molecule has 0 spiro atoms. The number of hydrogen-bond acceptors (Lipinski definition) is 21. The number of rotatable bonds is 13. The summed E-state index contributed by atoms with van der Waals surface area (Å²) in [5.41, 5.74) is 0. The molecule has 4 rings (SSSR count). The Morgan fingerprint density at radius 1 is 0.375 bits per heavy atom. The lowest BCUT2D eigenvalue weighted by Crippen LogP contribution is -2.68. The summed E-state index contributed by atoms with van der Waals surface area (Å²) in [6.07, 6.45) is -30.1. The molecule has 0 saturated carbocycles. The van der Waals surface area contributed by atoms with Crippen LogP contribution in [0.3, 0.4) is 0 Å². The van der Waals surface area contributed by atoms with E-state index in [1.807, 2.05) is 0 Å². The maximum atomic E-state index is 11.2. The summed E-state index contributed by atoms with van der Waals surface area (Å²) >= 11 is 0. The fourth-order valence-electron chi connectivity index (χ4n) is 6.31. The number of aliphatic hydroxyl groups is 11. The number of hydrogen-bond donors (Lipinski definition) is 11. The van der Waals surface area contributed by atoms with Gasteiger partial charge in [0.2, 0.25) is 0 Å². The molecule has 0 aromatic carbocycles. The second kappa shape index (κ2) is 17.6. The number of ether oxygens (including phenoxy) is 10. The molecule has 4 fully saturated rings. The van der Waals surface area contributed by atoms with Crippen LogP contribution in [0.4, 0.5) is 0 Å². The molecule has 0 amide bonds. The van der Waals surface area contributed by atoms with Crippen molar-refractivity contribution in [3.63, 3.8) is 0 Å². The quantitative estimate of drug-likeness (QED) is 0.0846. The zero-order valence-electron chi connectivity index (χ0n) is 26.4. The predicted molar refractivity (Wildman–Crippen MR) is 148 cm³/mol. The molecule has 0 aliphatic carbocycles. The molecule has 20 atom stereocenters. The van der Waals surface area contributed by atoms with Crippen LogP contribution in [-0.4, -0.2) is 227 Å². The lowest BCUT2D eigenvalue weighted by Gasteiger charge is -2.50. The molecular weight excluding hydrogens is 660 g/mol. The second-order valence-corrected chi connectivity index (χ2v) is 11.8. The zero-order valence-corrected chi connectivity index (χ0v) is 26.4. The SMILES string of the molecule is CO[C@@H]1[C@H](O)[C@@H](O[C@H]2[C@H](OC)[C@H](O)[C@@H](O[C@H]3[C@H](OC)[C@H](O)[C@@H](O)O[C@@H]3CO)O[C@@H]2CO)O[C@H](CO)[C@H]1O[C@H]1O[C@H](CO)[C@@H](O)[C@H](O)[C@@H]1O. The van der Waals surface area contributed by atoms with Gasteiger partial charge in [0, 0.05) is 21.3 Å². The van der Waals surface area contributed by atoms with Gasteiger partial charge in [-0.1, -0.05) is 0 Å². The highest BCUT2D eigenvalue weighted by Crippen LogP contribution is 2.35. The fourth-order valence-corrected chi connectivity index (χ4v) is 6.31. The zero-order chi connectivity index (χ0) is 35.4. The van der Waals surface area contributed by atoms with E-state index in [2.05, 4.69) is 0 Å². The summed E-state index contributed by atoms with van der Waals surface area (Å²) in [5, 5.41) is 113. The van der Waals surface area contributed by atoms with Gasteiger partial charge in [-0.2, -0.15) is 0 Å². The lowest BCUT2D eigenvalue weighted by atomic mass is 9.95. The molecule has 48 heavy (non-hydrogen) atoms. The molecule has 4 saturated heterocycles. The number of methoxy groups -OCH3 is 3. The molecule has 11 N–H and O–H groups in total. The molecule has 0 unspecified atom stereocenters. The fraction of sp³-hybridized carbons (Fsp3) is 1.00. The average Bonchev–Trinajstić information content (AvgIpc) is 3.08. The van der Waals surface area contributed by atoms with E-state index in [4.69, 9.17) is 47.4 Å². The van der Waals surface area contributed by atoms with E-state index in [0.29, 0.717) is 0 Å². The first-order chi connectivity index (χ1) is 22.9. The Bertz CT molecular complexity index is 964. The van der Waals surface area contributed by atoms with Gasteiger partial charge >= 0.3 is 0 Å². The summed E-state index contributed by atoms with van der Waals surface area (Å²) in [7, 11) is 3.61. The van der Waals surface area contributed by atoms with Gasteiger partial charge in [0.25, 0.3) is 0 Å². The van der Waals surface area contributed by atoms with E-state index in [-0.39, 0.29) is 0 Å². The maximum Gasteiger partial charge on any atom is 0.187 e. The first kappa shape index (κ1) is 39.9. The molecular formula is C27H48O21. The Kier molecular flexibility index (Phi) is 14.6. The average molecular weight is 709 g/mol. The van der Waals surface area contributed by atoms with Crippen molar-refractivity contribution >= 4 is 0 Å². The Labute approximate surface area is 274 Å². The van der Waals surface area contributed by atoms with Crippen molar-refractivity contribution in [3.8, 4) is 0 Å². The first-order valence-electron chi connectivity index (χ1n) is 15.3. The Hall–Kier alpha value is -0.840. The van der Waals surface area contributed by atoms with Gasteiger partial charge in [-0.3, -0.25) is 0 Å². The van der Waals surface area contributed by atoms with Crippen molar-refractivity contribution in [3.05, 3.63) is 0 Å². The third-order valence-corrected chi connectivity index (χ3v) is 8.94. The van der Waals surface area contributed by atoms with Gasteiger partial charge in [0.05, 0.1) is 26.4 Å². The molecule has 21 nitrogen and oxygen atoms in total. The van der Waals surface area contributed by atoms with E-state index in [0.717, 1.165) is 0 Å². The Morgan fingerprint density at radius 3 is 1.08 bits per heavy atom. The summed E-state index contributed by atoms with van der Waals surface area (Å²) in [4.78, 5) is 0. The van der Waals surface area contributed by atoms with Crippen molar-refractivity contribution in [1.29, 1.82) is 0 Å². The molecule has 0 bridgehead atoms. The monoisotopic (exact) mass is 708 g/mol. The third-order valence-electron chi connectivity index (χ3n) is 8.94. The van der Waals surface area contributed by atoms with Gasteiger partial charge in [-0.15, -0.1) is 0 Å². The van der Waals surface area contributed by atoms with E-state index in [1.54, 1.807) is 0 Å². The van der Waals surface area contributed by atoms with Crippen molar-refractivity contribution in [2.75, 3.05) is 47.8 Å². The third kappa shape index (κ3) is 7.96. The minimum atomic E-state index is -1.81. The van der Waals surface area contributed by atoms with Crippen LogP contribution in [0.2, 0.25) is 0 Å². The lowest BCUT2D eigenvalue weighted by molar-refractivity contribution is -0.390. The van der Waals surface area contributed by atoms with Crippen LogP contribution in [0.1, 0.15) is 0 Å². The molecule has 21 heteroatoms. The smallest absolute Gasteiger partial charge is 0.187 e. The molecule has 0 aromatic rings. The first-order valence-corrected chi connectivity index (χ1v) is 15.3. The highest BCUT2D eigenvalue weighted by atomic mass is 16.8. The maximum absolute atomic E-state index is 11.2. The van der Waals surface area contributed by atoms with E-state index in [9.17, 15) is 56.2 Å². The van der Waals surface area contributed by atoms with E-state index < -0.39 is 149 Å². The minimum Gasteiger partial charge on any atom is -0.394 e. The summed E-state index contributed by atoms with van der Waals surface area (Å²) in [6, 6.07) is 0. The van der Waals surface area contributed by atoms with E-state index in [1.165, 1.54) is 21.3 Å². The number of aliphatic hydroxyl groups excluding tert-OH is 11. The van der Waals surface area contributed by atoms with Gasteiger partial charge in [-0.05, 0) is 0 Å². The standard InChI is InChI=1S/C27H48O21/c1-39-21-15(35)24(38)42-9(5-29)18(21)47-26-17(37)23(41-3)20(11(7-31)45-26)48-27-16(36)22(40-2)19(10(6-30)44-27)46-25-14(34)13(33)12(32)8(4-28)43-25/h8-38H,4-7H2,1-3H3/t8-,9-,10-,11-,12-,13+,14+,15+,16+,17+,18-,19-,20-,21-,22-,23-,24+,25-,26-,27-/m1/s1. The normalized spacial score (nSPS) is 50.4. The summed E-state index contributed by atoms with van der Waals surface area (Å²) < 4.78 is 55.9. The van der Waals surface area contributed by atoms with Crippen LogP contribution in [0, 0.1) is 0 Å². The van der Waals surface area contributed by atoms with Gasteiger partial charge in [0.15, 0.2) is 25.2 Å². The molecule has 4 heterocycles. The molecule has 282 valence electrons. The largest absolute Gasteiger partial charge is 0.394 e. The van der Waals surface area contributed by atoms with Crippen LogP contribution < -0.4 is 0 Å².